The van der Waals surface area contributed by atoms with E-state index >= 15 is 0 Å². The Kier molecular flexibility index (Phi) is 4.05. The Morgan fingerprint density at radius 1 is 1.48 bits per heavy atom. The predicted molar refractivity (Wildman–Crippen MR) is 104 cm³/mol. The Hall–Kier alpha value is -1.74. The number of fused-ring (bicyclic) bond motifs is 5. The number of hydrogen-bond donors (Lipinski definition) is 1. The molecule has 0 amide bonds. The van der Waals surface area contributed by atoms with Gasteiger partial charge in [-0.1, -0.05) is 31.1 Å². The Labute approximate surface area is 152 Å². The molecular formula is C22H30N2O. The number of benzene rings is 1. The second-order valence-corrected chi connectivity index (χ2v) is 7.52. The van der Waals surface area contributed by atoms with Crippen LogP contribution >= 0.6 is 0 Å². The van der Waals surface area contributed by atoms with Crippen LogP contribution in [0, 0.1) is 11.8 Å². The Morgan fingerprint density at radius 2 is 2.32 bits per heavy atom. The van der Waals surface area contributed by atoms with Gasteiger partial charge >= 0.3 is 0 Å². The number of aromatic amines is 1. The number of methoxy groups -OCH3 is 1. The zero-order chi connectivity index (χ0) is 18.5. The molecule has 134 valence electrons. The number of allylic oxidation sites excluding steroid dienone is 2. The fraction of sp³-hybridized carbons (Fsp3) is 0.545. The molecule has 1 saturated heterocycles. The minimum Gasteiger partial charge on any atom is -0.496 e. The van der Waals surface area contributed by atoms with E-state index in [9.17, 15) is 1.37 Å². The monoisotopic (exact) mass is 339 g/mol. The van der Waals surface area contributed by atoms with Crippen LogP contribution in [0.1, 0.15) is 52.3 Å². The number of piperidine rings is 1. The van der Waals surface area contributed by atoms with E-state index in [-0.39, 0.29) is 0 Å². The van der Waals surface area contributed by atoms with Gasteiger partial charge in [-0.25, -0.2) is 0 Å². The van der Waals surface area contributed by atoms with Gasteiger partial charge in [0.15, 0.2) is 0 Å². The summed E-state index contributed by atoms with van der Waals surface area (Å²) in [5.74, 6) is 2.05. The Balaban J connectivity index is 1.85. The van der Waals surface area contributed by atoms with E-state index in [1.807, 2.05) is 12.1 Å². The molecule has 2 aliphatic rings. The largest absolute Gasteiger partial charge is 0.496 e. The second kappa shape index (κ2) is 6.53. The summed E-state index contributed by atoms with van der Waals surface area (Å²) in [6.07, 6.45) is 5.27. The van der Waals surface area contributed by atoms with Crippen molar-refractivity contribution in [2.45, 2.75) is 46.1 Å². The van der Waals surface area contributed by atoms with Crippen LogP contribution in [0.2, 0.25) is 0 Å². The molecule has 3 heteroatoms. The van der Waals surface area contributed by atoms with E-state index in [1.54, 1.807) is 7.11 Å². The maximum atomic E-state index is 9.51. The van der Waals surface area contributed by atoms with Crippen molar-refractivity contribution in [1.29, 1.82) is 0 Å². The lowest BCUT2D eigenvalue weighted by atomic mass is 9.74. The van der Waals surface area contributed by atoms with Gasteiger partial charge in [0, 0.05) is 29.7 Å². The van der Waals surface area contributed by atoms with Crippen LogP contribution in [0.3, 0.4) is 0 Å². The highest BCUT2D eigenvalue weighted by atomic mass is 16.5. The number of nitrogens with zero attached hydrogens (tertiary/aromatic N) is 1. The minimum absolute atomic E-state index is 0.484. The molecule has 0 aliphatic carbocycles. The van der Waals surface area contributed by atoms with Crippen molar-refractivity contribution in [3.63, 3.8) is 0 Å². The molecule has 1 N–H and O–H groups in total. The van der Waals surface area contributed by atoms with Crippen molar-refractivity contribution in [3.8, 4) is 5.75 Å². The number of nitrogens with one attached hydrogen (secondary N) is 1. The fourth-order valence-corrected chi connectivity index (χ4v) is 4.87. The third kappa shape index (κ3) is 2.60. The van der Waals surface area contributed by atoms with Gasteiger partial charge in [0.05, 0.1) is 14.5 Å². The normalized spacial score (nSPS) is 30.7. The van der Waals surface area contributed by atoms with Gasteiger partial charge in [0.25, 0.3) is 0 Å². The molecule has 0 bridgehead atoms. The standard InChI is InChI=1S/C22H30N2O/c1-5-14(3)17-12-19-22-16(10-11-24(19)13-15(17)6-2)21-18(23-22)8-7-9-20(21)25-4/h5,7-9,15,17,19,23H,6,10-13H2,1-4H3/b14-5-/t15-,17-,19+/m1/s1/i19D. The summed E-state index contributed by atoms with van der Waals surface area (Å²) in [7, 11) is 1.73. The lowest BCUT2D eigenvalue weighted by Crippen LogP contribution is -2.46. The van der Waals surface area contributed by atoms with Gasteiger partial charge in [-0.2, -0.15) is 0 Å². The van der Waals surface area contributed by atoms with Gasteiger partial charge in [-0.15, -0.1) is 0 Å². The first kappa shape index (κ1) is 15.5. The van der Waals surface area contributed by atoms with Crippen LogP contribution in [0.25, 0.3) is 10.9 Å². The molecule has 0 unspecified atom stereocenters. The van der Waals surface area contributed by atoms with Gasteiger partial charge in [-0.3, -0.25) is 4.90 Å². The number of aromatic nitrogens is 1. The lowest BCUT2D eigenvalue weighted by Gasteiger charge is -2.46. The van der Waals surface area contributed by atoms with Crippen molar-refractivity contribution < 1.29 is 6.11 Å². The first-order valence-electron chi connectivity index (χ1n) is 10.1. The molecule has 2 aromatic rings. The third-order valence-electron chi connectivity index (χ3n) is 6.41. The summed E-state index contributed by atoms with van der Waals surface area (Å²) in [5, 5.41) is 1.17. The second-order valence-electron chi connectivity index (χ2n) is 7.52. The molecule has 2 aliphatic heterocycles. The van der Waals surface area contributed by atoms with Crippen molar-refractivity contribution in [3.05, 3.63) is 41.1 Å². The minimum atomic E-state index is -0.668. The zero-order valence-electron chi connectivity index (χ0n) is 16.9. The smallest absolute Gasteiger partial charge is 0.128 e. The molecular weight excluding hydrogens is 308 g/mol. The molecule has 1 aromatic heterocycles. The zero-order valence-corrected chi connectivity index (χ0v) is 15.9. The molecule has 0 radical (unpaired) electrons. The van der Waals surface area contributed by atoms with E-state index in [0.717, 1.165) is 42.9 Å². The number of rotatable bonds is 3. The maximum Gasteiger partial charge on any atom is 0.128 e. The first-order valence-corrected chi connectivity index (χ1v) is 9.59. The quantitative estimate of drug-likeness (QED) is 0.789. The number of hydrogen-bond acceptors (Lipinski definition) is 2. The fourth-order valence-electron chi connectivity index (χ4n) is 4.87. The lowest BCUT2D eigenvalue weighted by molar-refractivity contribution is 0.0637. The van der Waals surface area contributed by atoms with Crippen LogP contribution in [0.5, 0.6) is 5.75 Å². The van der Waals surface area contributed by atoms with Crippen LogP contribution < -0.4 is 4.74 Å². The molecule has 0 spiro atoms. The molecule has 3 nitrogen and oxygen atoms in total. The van der Waals surface area contributed by atoms with E-state index in [4.69, 9.17) is 4.74 Å². The average Bonchev–Trinajstić information content (AvgIpc) is 3.06. The van der Waals surface area contributed by atoms with E-state index in [1.165, 1.54) is 22.9 Å². The Bertz CT molecular complexity index is 855. The van der Waals surface area contributed by atoms with E-state index in [0.29, 0.717) is 11.8 Å². The topological polar surface area (TPSA) is 28.3 Å². The van der Waals surface area contributed by atoms with Crippen molar-refractivity contribution in [2.75, 3.05) is 20.2 Å². The SMILES string of the molecule is [2H][C@@]12C[C@H](/C(C)=C\C)[C@H](CC)CN1CCc1c2[nH]c2cccc(OC)c12. The summed E-state index contributed by atoms with van der Waals surface area (Å²) < 4.78 is 15.1. The first-order chi connectivity index (χ1) is 12.5. The summed E-state index contributed by atoms with van der Waals surface area (Å²) in [6, 6.07) is 5.49. The highest BCUT2D eigenvalue weighted by molar-refractivity contribution is 5.91. The molecule has 0 saturated carbocycles. The maximum absolute atomic E-state index is 9.51. The average molecular weight is 340 g/mol. The van der Waals surface area contributed by atoms with Crippen LogP contribution in [0.15, 0.2) is 29.8 Å². The summed E-state index contributed by atoms with van der Waals surface area (Å²) in [4.78, 5) is 6.02. The molecule has 3 heterocycles. The highest BCUT2D eigenvalue weighted by Gasteiger charge is 2.40. The van der Waals surface area contributed by atoms with E-state index in [2.05, 4.69) is 42.8 Å². The summed E-state index contributed by atoms with van der Waals surface area (Å²) in [5.41, 5.74) is 4.91. The Morgan fingerprint density at radius 3 is 3.04 bits per heavy atom. The van der Waals surface area contributed by atoms with E-state index < -0.39 is 6.02 Å². The molecule has 4 rings (SSSR count). The van der Waals surface area contributed by atoms with Crippen LogP contribution in [0.4, 0.5) is 0 Å². The summed E-state index contributed by atoms with van der Waals surface area (Å²) in [6.45, 7) is 8.64. The van der Waals surface area contributed by atoms with Gasteiger partial charge in [0.2, 0.25) is 0 Å². The molecule has 3 atom stereocenters. The molecule has 1 aromatic carbocycles. The summed E-state index contributed by atoms with van der Waals surface area (Å²) >= 11 is 0. The van der Waals surface area contributed by atoms with Gasteiger partial charge in [0.1, 0.15) is 5.75 Å². The number of H-pyrrole nitrogens is 1. The molecule has 25 heavy (non-hydrogen) atoms. The van der Waals surface area contributed by atoms with Crippen molar-refractivity contribution >= 4 is 10.9 Å². The highest BCUT2D eigenvalue weighted by Crippen LogP contribution is 2.46. The third-order valence-corrected chi connectivity index (χ3v) is 6.41. The molecule has 1 fully saturated rings. The van der Waals surface area contributed by atoms with Crippen LogP contribution in [-0.4, -0.2) is 30.1 Å². The van der Waals surface area contributed by atoms with Gasteiger partial charge in [-0.05, 0) is 56.2 Å². The van der Waals surface area contributed by atoms with Crippen LogP contribution in [-0.2, 0) is 6.42 Å². The van der Waals surface area contributed by atoms with Crippen molar-refractivity contribution in [1.82, 2.24) is 9.88 Å². The number of ether oxygens (including phenoxy) is 1. The van der Waals surface area contributed by atoms with Gasteiger partial charge < -0.3 is 9.72 Å². The van der Waals surface area contributed by atoms with Crippen molar-refractivity contribution in [2.24, 2.45) is 11.8 Å². The predicted octanol–water partition coefficient (Wildman–Crippen LogP) is 5.09.